The fourth-order valence-corrected chi connectivity index (χ4v) is 4.12. The molecule has 0 aliphatic carbocycles. The molecule has 1 aromatic carbocycles. The number of nitrogens with one attached hydrogen (secondary N) is 2. The summed E-state index contributed by atoms with van der Waals surface area (Å²) < 4.78 is 38.4. The van der Waals surface area contributed by atoms with Gasteiger partial charge in [-0.15, -0.1) is 0 Å². The predicted molar refractivity (Wildman–Crippen MR) is 112 cm³/mol. The van der Waals surface area contributed by atoms with E-state index in [0.717, 1.165) is 23.5 Å². The molecule has 2 aromatic rings. The lowest BCUT2D eigenvalue weighted by Crippen LogP contribution is -2.39. The van der Waals surface area contributed by atoms with E-state index in [1.165, 1.54) is 12.1 Å². The molecule has 0 spiro atoms. The molecule has 10 heteroatoms. The van der Waals surface area contributed by atoms with Crippen LogP contribution in [0.3, 0.4) is 0 Å². The fourth-order valence-electron chi connectivity index (χ4n) is 3.55. The average molecular weight is 436 g/mol. The number of carbonyl (C=O) groups excluding carboxylic acids is 1. The Kier molecular flexibility index (Phi) is 6.24. The van der Waals surface area contributed by atoms with Gasteiger partial charge < -0.3 is 15.0 Å². The number of amides is 2. The van der Waals surface area contributed by atoms with Crippen molar-refractivity contribution in [3.8, 4) is 0 Å². The number of rotatable bonds is 4. The fraction of sp³-hybridized carbons (Fsp3) is 0.450. The van der Waals surface area contributed by atoms with Crippen LogP contribution in [-0.4, -0.2) is 52.6 Å². The summed E-state index contributed by atoms with van der Waals surface area (Å²) in [4.78, 5) is 18.1. The number of benzene rings is 1. The molecule has 2 aliphatic rings. The second kappa shape index (κ2) is 9.05. The van der Waals surface area contributed by atoms with E-state index in [2.05, 4.69) is 20.0 Å². The van der Waals surface area contributed by atoms with Crippen molar-refractivity contribution in [1.82, 2.24) is 14.3 Å². The van der Waals surface area contributed by atoms with Crippen LogP contribution in [0, 0.1) is 18.6 Å². The third-order valence-electron chi connectivity index (χ3n) is 5.16. The van der Waals surface area contributed by atoms with Gasteiger partial charge in [-0.1, -0.05) is 5.57 Å². The molecule has 2 N–H and O–H groups in total. The van der Waals surface area contributed by atoms with Gasteiger partial charge in [-0.3, -0.25) is 5.32 Å². The highest BCUT2D eigenvalue weighted by Crippen LogP contribution is 2.26. The van der Waals surface area contributed by atoms with Gasteiger partial charge in [0.1, 0.15) is 17.5 Å². The summed E-state index contributed by atoms with van der Waals surface area (Å²) in [5.41, 5.74) is 1.29. The number of nitrogens with zero attached hydrogens (tertiary/aromatic N) is 3. The monoisotopic (exact) mass is 435 g/mol. The Hall–Kier alpha value is -2.59. The van der Waals surface area contributed by atoms with Gasteiger partial charge in [0.2, 0.25) is 5.13 Å². The SMILES string of the molecule is Cc1nsc(NC(=O)N2CCC(=Cc3c(F)cc(NC4CCOC4)cc3F)CC2)n1. The largest absolute Gasteiger partial charge is 0.380 e. The van der Waals surface area contributed by atoms with Crippen LogP contribution in [0.15, 0.2) is 17.7 Å². The minimum atomic E-state index is -0.601. The smallest absolute Gasteiger partial charge is 0.323 e. The number of urea groups is 1. The van der Waals surface area contributed by atoms with Crippen LogP contribution >= 0.6 is 11.5 Å². The van der Waals surface area contributed by atoms with Crippen molar-refractivity contribution in [2.45, 2.75) is 32.2 Å². The molecular formula is C20H23F2N5O2S. The van der Waals surface area contributed by atoms with Crippen molar-refractivity contribution < 1.29 is 18.3 Å². The number of anilines is 2. The molecule has 0 bridgehead atoms. The van der Waals surface area contributed by atoms with Gasteiger partial charge in [-0.2, -0.15) is 4.37 Å². The summed E-state index contributed by atoms with van der Waals surface area (Å²) in [5, 5.41) is 6.29. The molecule has 2 amide bonds. The first-order chi connectivity index (χ1) is 14.5. The molecule has 1 atom stereocenters. The molecule has 0 saturated carbocycles. The maximum atomic E-state index is 14.5. The molecule has 1 unspecified atom stereocenters. The third kappa shape index (κ3) is 4.93. The molecule has 7 nitrogen and oxygen atoms in total. The minimum absolute atomic E-state index is 0.0412. The second-order valence-corrected chi connectivity index (χ2v) is 8.18. The summed E-state index contributed by atoms with van der Waals surface area (Å²) in [6, 6.07) is 2.47. The highest BCUT2D eigenvalue weighted by Gasteiger charge is 2.21. The first kappa shape index (κ1) is 20.7. The highest BCUT2D eigenvalue weighted by atomic mass is 32.1. The van der Waals surface area contributed by atoms with E-state index in [9.17, 15) is 13.6 Å². The molecule has 0 radical (unpaired) electrons. The molecule has 1 aromatic heterocycles. The second-order valence-electron chi connectivity index (χ2n) is 7.42. The quantitative estimate of drug-likeness (QED) is 0.758. The van der Waals surface area contributed by atoms with Crippen LogP contribution in [0.25, 0.3) is 6.08 Å². The van der Waals surface area contributed by atoms with Gasteiger partial charge >= 0.3 is 6.03 Å². The van der Waals surface area contributed by atoms with Crippen molar-refractivity contribution in [2.24, 2.45) is 0 Å². The summed E-state index contributed by atoms with van der Waals surface area (Å²) in [6.45, 7) is 3.90. The topological polar surface area (TPSA) is 79.4 Å². The van der Waals surface area contributed by atoms with Gasteiger partial charge in [0.15, 0.2) is 0 Å². The Bertz CT molecular complexity index is 925. The Morgan fingerprint density at radius 2 is 2.03 bits per heavy atom. The van der Waals surface area contributed by atoms with E-state index in [0.29, 0.717) is 55.8 Å². The molecule has 2 saturated heterocycles. The van der Waals surface area contributed by atoms with E-state index in [-0.39, 0.29) is 17.6 Å². The number of halogens is 2. The van der Waals surface area contributed by atoms with Crippen molar-refractivity contribution in [3.63, 3.8) is 0 Å². The normalized spacial score (nSPS) is 19.1. The summed E-state index contributed by atoms with van der Waals surface area (Å²) in [7, 11) is 0. The first-order valence-corrected chi connectivity index (χ1v) is 10.6. The summed E-state index contributed by atoms with van der Waals surface area (Å²) in [6.07, 6.45) is 3.50. The van der Waals surface area contributed by atoms with Crippen LogP contribution in [0.2, 0.25) is 0 Å². The first-order valence-electron chi connectivity index (χ1n) is 9.87. The standard InChI is InChI=1S/C20H23F2N5O2S/c1-12-23-19(30-26-12)25-20(28)27-5-2-13(3-6-27)8-16-17(21)9-15(10-18(16)22)24-14-4-7-29-11-14/h8-10,14,24H,2-7,11H2,1H3,(H,23,25,26,28). The van der Waals surface area contributed by atoms with Crippen LogP contribution in [0.4, 0.5) is 24.4 Å². The average Bonchev–Trinajstić information content (AvgIpc) is 3.37. The van der Waals surface area contributed by atoms with E-state index < -0.39 is 11.6 Å². The minimum Gasteiger partial charge on any atom is -0.380 e. The van der Waals surface area contributed by atoms with Gasteiger partial charge in [-0.25, -0.2) is 18.6 Å². The van der Waals surface area contributed by atoms with E-state index >= 15 is 0 Å². The third-order valence-corrected chi connectivity index (χ3v) is 5.88. The molecule has 160 valence electrons. The van der Waals surface area contributed by atoms with Crippen LogP contribution in [-0.2, 0) is 4.74 Å². The van der Waals surface area contributed by atoms with Crippen molar-refractivity contribution in [2.75, 3.05) is 36.9 Å². The highest BCUT2D eigenvalue weighted by molar-refractivity contribution is 7.09. The molecule has 30 heavy (non-hydrogen) atoms. The lowest BCUT2D eigenvalue weighted by molar-refractivity contribution is 0.195. The van der Waals surface area contributed by atoms with E-state index in [1.807, 2.05) is 0 Å². The van der Waals surface area contributed by atoms with Crippen molar-refractivity contribution >= 4 is 34.5 Å². The van der Waals surface area contributed by atoms with Crippen LogP contribution in [0.5, 0.6) is 0 Å². The number of aryl methyl sites for hydroxylation is 1. The molecule has 2 fully saturated rings. The Labute approximate surface area is 177 Å². The Morgan fingerprint density at radius 1 is 1.30 bits per heavy atom. The lowest BCUT2D eigenvalue weighted by atomic mass is 10.0. The zero-order valence-electron chi connectivity index (χ0n) is 16.6. The number of piperidine rings is 1. The van der Waals surface area contributed by atoms with Crippen LogP contribution in [0.1, 0.15) is 30.7 Å². The van der Waals surface area contributed by atoms with Crippen molar-refractivity contribution in [1.29, 1.82) is 0 Å². The predicted octanol–water partition coefficient (Wildman–Crippen LogP) is 4.04. The molecule has 2 aliphatic heterocycles. The number of hydrogen-bond acceptors (Lipinski definition) is 6. The molecular weight excluding hydrogens is 412 g/mol. The van der Waals surface area contributed by atoms with Gasteiger partial charge in [0, 0.05) is 42.5 Å². The summed E-state index contributed by atoms with van der Waals surface area (Å²) >= 11 is 1.13. The number of carbonyl (C=O) groups is 1. The van der Waals surface area contributed by atoms with Gasteiger partial charge in [0.05, 0.1) is 12.6 Å². The molecule has 3 heterocycles. The molecule has 4 rings (SSSR count). The zero-order valence-corrected chi connectivity index (χ0v) is 17.4. The number of ether oxygens (including phenoxy) is 1. The van der Waals surface area contributed by atoms with Crippen LogP contribution < -0.4 is 10.6 Å². The maximum Gasteiger partial charge on any atom is 0.323 e. The van der Waals surface area contributed by atoms with Gasteiger partial charge in [-0.05, 0) is 44.4 Å². The summed E-state index contributed by atoms with van der Waals surface area (Å²) in [5.74, 6) is -0.590. The Morgan fingerprint density at radius 3 is 2.63 bits per heavy atom. The lowest BCUT2D eigenvalue weighted by Gasteiger charge is -2.28. The van der Waals surface area contributed by atoms with E-state index in [1.54, 1.807) is 17.9 Å². The van der Waals surface area contributed by atoms with E-state index in [4.69, 9.17) is 4.74 Å². The maximum absolute atomic E-state index is 14.5. The number of hydrogen-bond donors (Lipinski definition) is 2. The van der Waals surface area contributed by atoms with Gasteiger partial charge in [0.25, 0.3) is 0 Å². The number of likely N-dealkylation sites (tertiary alicyclic amines) is 1. The zero-order chi connectivity index (χ0) is 21.1. The Balaban J connectivity index is 1.37. The number of aromatic nitrogens is 2. The van der Waals surface area contributed by atoms with Crippen molar-refractivity contribution in [3.05, 3.63) is 40.7 Å².